The molecule has 0 radical (unpaired) electrons. The number of para-hydroxylation sites is 2. The molecule has 0 unspecified atom stereocenters. The van der Waals surface area contributed by atoms with E-state index < -0.39 is 0 Å². The summed E-state index contributed by atoms with van der Waals surface area (Å²) in [4.78, 5) is 16.3. The first-order valence-electron chi connectivity index (χ1n) is 9.98. The van der Waals surface area contributed by atoms with Gasteiger partial charge in [-0.05, 0) is 62.1 Å². The van der Waals surface area contributed by atoms with Gasteiger partial charge in [-0.1, -0.05) is 25.1 Å². The molecule has 1 aromatic heterocycles. The second-order valence-electron chi connectivity index (χ2n) is 7.18. The van der Waals surface area contributed by atoms with Crippen LogP contribution in [0.25, 0.3) is 11.0 Å². The predicted octanol–water partition coefficient (Wildman–Crippen LogP) is 4.54. The lowest BCUT2D eigenvalue weighted by molar-refractivity contribution is -0.120. The summed E-state index contributed by atoms with van der Waals surface area (Å²) in [5.74, 6) is 1.88. The minimum absolute atomic E-state index is 0.0421. The molecule has 5 heteroatoms. The van der Waals surface area contributed by atoms with Crippen molar-refractivity contribution in [3.05, 3.63) is 59.4 Å². The van der Waals surface area contributed by atoms with E-state index in [1.807, 2.05) is 25.1 Å². The van der Waals surface area contributed by atoms with Gasteiger partial charge in [0.05, 0.1) is 24.2 Å². The Bertz CT molecular complexity index is 926. The summed E-state index contributed by atoms with van der Waals surface area (Å²) < 4.78 is 8.13. The topological polar surface area (TPSA) is 56.2 Å². The summed E-state index contributed by atoms with van der Waals surface area (Å²) in [7, 11) is 0. The Kier molecular flexibility index (Phi) is 6.69. The summed E-state index contributed by atoms with van der Waals surface area (Å²) in [6.45, 7) is 8.03. The summed E-state index contributed by atoms with van der Waals surface area (Å²) in [5.41, 5.74) is 4.52. The van der Waals surface area contributed by atoms with Crippen molar-refractivity contribution >= 4 is 16.9 Å². The van der Waals surface area contributed by atoms with E-state index >= 15 is 0 Å². The van der Waals surface area contributed by atoms with Crippen LogP contribution in [0.5, 0.6) is 5.75 Å². The molecule has 28 heavy (non-hydrogen) atoms. The van der Waals surface area contributed by atoms with Crippen LogP contribution in [-0.2, 0) is 17.9 Å². The molecule has 1 heterocycles. The molecular weight excluding hydrogens is 350 g/mol. The molecule has 0 saturated heterocycles. The Morgan fingerprint density at radius 1 is 1.11 bits per heavy atom. The Hall–Kier alpha value is -2.82. The van der Waals surface area contributed by atoms with Gasteiger partial charge in [0.1, 0.15) is 11.6 Å². The zero-order valence-electron chi connectivity index (χ0n) is 17.0. The Balaban J connectivity index is 1.59. The molecule has 0 atom stereocenters. The SMILES string of the molecule is CCC(=O)NCc1nc2ccccc2n1CCCCOc1cc(C)cc(C)c1. The van der Waals surface area contributed by atoms with Crippen LogP contribution in [0.2, 0.25) is 0 Å². The Labute approximate surface area is 166 Å². The third-order valence-corrected chi connectivity index (χ3v) is 4.74. The van der Waals surface area contributed by atoms with Crippen LogP contribution in [0.1, 0.15) is 43.1 Å². The fourth-order valence-corrected chi connectivity index (χ4v) is 3.39. The number of benzene rings is 2. The number of rotatable bonds is 9. The fraction of sp³-hybridized carbons (Fsp3) is 0.391. The summed E-state index contributed by atoms with van der Waals surface area (Å²) in [5, 5.41) is 2.94. The van der Waals surface area contributed by atoms with Crippen LogP contribution in [0, 0.1) is 13.8 Å². The van der Waals surface area contributed by atoms with Crippen molar-refractivity contribution in [1.82, 2.24) is 14.9 Å². The largest absolute Gasteiger partial charge is 0.494 e. The molecule has 0 aliphatic rings. The minimum Gasteiger partial charge on any atom is -0.494 e. The molecule has 1 N–H and O–H groups in total. The second-order valence-corrected chi connectivity index (χ2v) is 7.18. The average molecular weight is 380 g/mol. The molecular formula is C23H29N3O2. The van der Waals surface area contributed by atoms with E-state index in [9.17, 15) is 4.79 Å². The number of ether oxygens (including phenoxy) is 1. The van der Waals surface area contributed by atoms with Crippen molar-refractivity contribution in [2.45, 2.75) is 53.1 Å². The van der Waals surface area contributed by atoms with E-state index in [0.717, 1.165) is 42.0 Å². The molecule has 0 bridgehead atoms. The van der Waals surface area contributed by atoms with Gasteiger partial charge in [-0.2, -0.15) is 0 Å². The number of carbonyl (C=O) groups excluding carboxylic acids is 1. The maximum Gasteiger partial charge on any atom is 0.220 e. The molecule has 3 aromatic rings. The fourth-order valence-electron chi connectivity index (χ4n) is 3.39. The van der Waals surface area contributed by atoms with Crippen LogP contribution in [-0.4, -0.2) is 22.1 Å². The number of imidazole rings is 1. The molecule has 3 rings (SSSR count). The van der Waals surface area contributed by atoms with Gasteiger partial charge in [0.15, 0.2) is 0 Å². The summed E-state index contributed by atoms with van der Waals surface area (Å²) >= 11 is 0. The normalized spacial score (nSPS) is 11.0. The van der Waals surface area contributed by atoms with Crippen molar-refractivity contribution in [3.63, 3.8) is 0 Å². The predicted molar refractivity (Wildman–Crippen MR) is 113 cm³/mol. The highest BCUT2D eigenvalue weighted by Gasteiger charge is 2.11. The molecule has 5 nitrogen and oxygen atoms in total. The van der Waals surface area contributed by atoms with Crippen molar-refractivity contribution in [2.75, 3.05) is 6.61 Å². The van der Waals surface area contributed by atoms with Crippen LogP contribution in [0.15, 0.2) is 42.5 Å². The highest BCUT2D eigenvalue weighted by atomic mass is 16.5. The maximum atomic E-state index is 11.6. The number of carbonyl (C=O) groups is 1. The summed E-state index contributed by atoms with van der Waals surface area (Å²) in [6, 6.07) is 14.4. The lowest BCUT2D eigenvalue weighted by Gasteiger charge is -2.11. The number of hydrogen-bond acceptors (Lipinski definition) is 3. The van der Waals surface area contributed by atoms with Crippen LogP contribution in [0.4, 0.5) is 0 Å². The Morgan fingerprint density at radius 3 is 2.61 bits per heavy atom. The lowest BCUT2D eigenvalue weighted by atomic mass is 10.1. The first-order chi connectivity index (χ1) is 13.6. The number of aromatic nitrogens is 2. The standard InChI is InChI=1S/C23H29N3O2/c1-4-23(27)24-16-22-25-20-9-5-6-10-21(20)26(22)11-7-8-12-28-19-14-17(2)13-18(3)15-19/h5-6,9-10,13-15H,4,7-8,11-12,16H2,1-3H3,(H,24,27). The van der Waals surface area contributed by atoms with Gasteiger partial charge in [-0.25, -0.2) is 4.98 Å². The van der Waals surface area contributed by atoms with Gasteiger partial charge in [0, 0.05) is 13.0 Å². The third kappa shape index (κ3) is 5.12. The first kappa shape index (κ1) is 19.9. The van der Waals surface area contributed by atoms with Crippen molar-refractivity contribution in [2.24, 2.45) is 0 Å². The van der Waals surface area contributed by atoms with Crippen LogP contribution >= 0.6 is 0 Å². The number of aryl methyl sites for hydroxylation is 3. The lowest BCUT2D eigenvalue weighted by Crippen LogP contribution is -2.23. The average Bonchev–Trinajstić information content (AvgIpc) is 3.02. The number of nitrogens with zero attached hydrogens (tertiary/aromatic N) is 2. The molecule has 0 saturated carbocycles. The van der Waals surface area contributed by atoms with E-state index in [2.05, 4.69) is 48.0 Å². The minimum atomic E-state index is 0.0421. The van der Waals surface area contributed by atoms with E-state index in [4.69, 9.17) is 9.72 Å². The van der Waals surface area contributed by atoms with Crippen LogP contribution in [0.3, 0.4) is 0 Å². The number of hydrogen-bond donors (Lipinski definition) is 1. The molecule has 1 amide bonds. The van der Waals surface area contributed by atoms with Crippen molar-refractivity contribution in [3.8, 4) is 5.75 Å². The summed E-state index contributed by atoms with van der Waals surface area (Å²) in [6.07, 6.45) is 2.43. The molecule has 0 fully saturated rings. The number of nitrogens with one attached hydrogen (secondary N) is 1. The highest BCUT2D eigenvalue weighted by Crippen LogP contribution is 2.18. The molecule has 0 spiro atoms. The van der Waals surface area contributed by atoms with Crippen molar-refractivity contribution < 1.29 is 9.53 Å². The van der Waals surface area contributed by atoms with Gasteiger partial charge < -0.3 is 14.6 Å². The maximum absolute atomic E-state index is 11.6. The van der Waals surface area contributed by atoms with E-state index in [0.29, 0.717) is 19.6 Å². The molecule has 148 valence electrons. The van der Waals surface area contributed by atoms with Crippen LogP contribution < -0.4 is 10.1 Å². The number of unbranched alkanes of at least 4 members (excludes halogenated alkanes) is 1. The van der Waals surface area contributed by atoms with Gasteiger partial charge >= 0.3 is 0 Å². The van der Waals surface area contributed by atoms with Gasteiger partial charge in [-0.3, -0.25) is 4.79 Å². The van der Waals surface area contributed by atoms with Gasteiger partial charge in [0.25, 0.3) is 0 Å². The van der Waals surface area contributed by atoms with Crippen molar-refractivity contribution in [1.29, 1.82) is 0 Å². The molecule has 2 aromatic carbocycles. The van der Waals surface area contributed by atoms with Gasteiger partial charge in [-0.15, -0.1) is 0 Å². The molecule has 0 aliphatic heterocycles. The quantitative estimate of drug-likeness (QED) is 0.555. The number of fused-ring (bicyclic) bond motifs is 1. The zero-order valence-corrected chi connectivity index (χ0v) is 17.0. The first-order valence-corrected chi connectivity index (χ1v) is 9.98. The smallest absolute Gasteiger partial charge is 0.220 e. The third-order valence-electron chi connectivity index (χ3n) is 4.74. The highest BCUT2D eigenvalue weighted by molar-refractivity contribution is 5.77. The van der Waals surface area contributed by atoms with E-state index in [1.165, 1.54) is 11.1 Å². The zero-order chi connectivity index (χ0) is 19.9. The monoisotopic (exact) mass is 379 g/mol. The number of amides is 1. The molecule has 0 aliphatic carbocycles. The Morgan fingerprint density at radius 2 is 1.86 bits per heavy atom. The van der Waals surface area contributed by atoms with E-state index in [-0.39, 0.29) is 5.91 Å². The van der Waals surface area contributed by atoms with Gasteiger partial charge in [0.2, 0.25) is 5.91 Å². The van der Waals surface area contributed by atoms with E-state index in [1.54, 1.807) is 0 Å². The second kappa shape index (κ2) is 9.40.